The number of carbonyl (C=O) groups excluding carboxylic acids is 1. The first-order valence-electron chi connectivity index (χ1n) is 5.55. The van der Waals surface area contributed by atoms with Crippen LogP contribution in [-0.4, -0.2) is 21.3 Å². The summed E-state index contributed by atoms with van der Waals surface area (Å²) in [5.41, 5.74) is 1.44. The maximum Gasteiger partial charge on any atom is 0.172 e. The van der Waals surface area contributed by atoms with Crippen LogP contribution in [0.2, 0.25) is 0 Å². The molecule has 0 aromatic carbocycles. The predicted octanol–water partition coefficient (Wildman–Crippen LogP) is 2.58. The number of hydrogen-bond donors (Lipinski definition) is 0. The molecule has 1 aromatic rings. The molecule has 1 rings (SSSR count). The van der Waals surface area contributed by atoms with Crippen molar-refractivity contribution in [1.29, 1.82) is 0 Å². The highest BCUT2D eigenvalue weighted by atomic mass is 16.1. The van der Waals surface area contributed by atoms with Crippen molar-refractivity contribution >= 4 is 6.29 Å². The quantitative estimate of drug-likeness (QED) is 0.700. The fourth-order valence-electron chi connectivity index (χ4n) is 1.86. The molecule has 0 bridgehead atoms. The van der Waals surface area contributed by atoms with Gasteiger partial charge in [-0.1, -0.05) is 32.9 Å². The average Bonchev–Trinajstić information content (AvgIpc) is 2.63. The van der Waals surface area contributed by atoms with Crippen LogP contribution < -0.4 is 0 Å². The number of hydrogen-bond acceptors (Lipinski definition) is 3. The van der Waals surface area contributed by atoms with Gasteiger partial charge in [-0.15, -0.1) is 5.10 Å². The van der Waals surface area contributed by atoms with E-state index in [1.807, 2.05) is 4.68 Å². The molecule has 0 aliphatic heterocycles. The van der Waals surface area contributed by atoms with Crippen LogP contribution in [0.5, 0.6) is 0 Å². The number of rotatable bonds is 5. The van der Waals surface area contributed by atoms with Gasteiger partial charge in [0.1, 0.15) is 5.69 Å². The zero-order valence-electron chi connectivity index (χ0n) is 9.90. The second-order valence-corrected chi connectivity index (χ2v) is 4.05. The summed E-state index contributed by atoms with van der Waals surface area (Å²) in [7, 11) is 0. The molecule has 1 heterocycles. The van der Waals surface area contributed by atoms with E-state index < -0.39 is 0 Å². The van der Waals surface area contributed by atoms with Crippen LogP contribution in [0.1, 0.15) is 68.7 Å². The Morgan fingerprint density at radius 1 is 1.33 bits per heavy atom. The monoisotopic (exact) mass is 209 g/mol. The normalized spacial score (nSPS) is 11.3. The molecule has 0 radical (unpaired) electrons. The van der Waals surface area contributed by atoms with Gasteiger partial charge in [-0.2, -0.15) is 0 Å². The molecule has 0 spiro atoms. The topological polar surface area (TPSA) is 47.8 Å². The highest BCUT2D eigenvalue weighted by molar-refractivity contribution is 5.73. The van der Waals surface area contributed by atoms with Gasteiger partial charge in [0.25, 0.3) is 0 Å². The maximum absolute atomic E-state index is 10.8. The van der Waals surface area contributed by atoms with E-state index in [0.717, 1.165) is 24.8 Å². The summed E-state index contributed by atoms with van der Waals surface area (Å²) in [6.45, 7) is 8.37. The highest BCUT2D eigenvalue weighted by Gasteiger charge is 2.19. The minimum absolute atomic E-state index is 0.279. The molecule has 0 atom stereocenters. The molecule has 0 unspecified atom stereocenters. The summed E-state index contributed by atoms with van der Waals surface area (Å²) in [4.78, 5) is 10.8. The van der Waals surface area contributed by atoms with Crippen molar-refractivity contribution in [2.75, 3.05) is 0 Å². The molecule has 15 heavy (non-hydrogen) atoms. The second kappa shape index (κ2) is 5.05. The molecule has 0 amide bonds. The lowest BCUT2D eigenvalue weighted by atomic mass is 10.1. The molecular weight excluding hydrogens is 190 g/mol. The van der Waals surface area contributed by atoms with Crippen molar-refractivity contribution in [2.45, 2.75) is 52.5 Å². The summed E-state index contributed by atoms with van der Waals surface area (Å²) in [5.74, 6) is 0.279. The van der Waals surface area contributed by atoms with Crippen LogP contribution in [-0.2, 0) is 0 Å². The summed E-state index contributed by atoms with van der Waals surface area (Å²) in [6, 6.07) is 0.351. The molecule has 1 aromatic heterocycles. The first kappa shape index (κ1) is 11.9. The molecule has 84 valence electrons. The summed E-state index contributed by atoms with van der Waals surface area (Å²) >= 11 is 0. The van der Waals surface area contributed by atoms with Crippen molar-refractivity contribution in [2.24, 2.45) is 0 Å². The van der Waals surface area contributed by atoms with E-state index in [1.54, 1.807) is 0 Å². The summed E-state index contributed by atoms with van der Waals surface area (Å²) < 4.78 is 1.91. The Bertz CT molecular complexity index is 327. The Labute approximate surface area is 90.7 Å². The summed E-state index contributed by atoms with van der Waals surface area (Å²) in [6.07, 6.45) is 2.82. The van der Waals surface area contributed by atoms with E-state index in [0.29, 0.717) is 11.7 Å². The molecule has 0 saturated carbocycles. The van der Waals surface area contributed by atoms with Gasteiger partial charge in [0.05, 0.1) is 11.7 Å². The Morgan fingerprint density at radius 3 is 2.33 bits per heavy atom. The Kier molecular flexibility index (Phi) is 4.00. The smallest absolute Gasteiger partial charge is 0.172 e. The number of aromatic nitrogens is 3. The molecule has 4 heteroatoms. The van der Waals surface area contributed by atoms with Gasteiger partial charge >= 0.3 is 0 Å². The molecule has 0 fully saturated rings. The summed E-state index contributed by atoms with van der Waals surface area (Å²) in [5, 5.41) is 8.00. The van der Waals surface area contributed by atoms with Crippen molar-refractivity contribution in [3.8, 4) is 0 Å². The van der Waals surface area contributed by atoms with Gasteiger partial charge in [0.15, 0.2) is 6.29 Å². The zero-order chi connectivity index (χ0) is 11.4. The van der Waals surface area contributed by atoms with Crippen LogP contribution in [0, 0.1) is 0 Å². The number of aldehydes is 1. The second-order valence-electron chi connectivity index (χ2n) is 4.05. The average molecular weight is 209 g/mol. The molecule has 4 nitrogen and oxygen atoms in total. The third kappa shape index (κ3) is 2.25. The highest BCUT2D eigenvalue weighted by Crippen LogP contribution is 2.23. The third-order valence-electron chi connectivity index (χ3n) is 2.70. The first-order valence-corrected chi connectivity index (χ1v) is 5.55. The van der Waals surface area contributed by atoms with Crippen LogP contribution >= 0.6 is 0 Å². The number of carbonyl (C=O) groups is 1. The fraction of sp³-hybridized carbons (Fsp3) is 0.727. The lowest BCUT2D eigenvalue weighted by Gasteiger charge is -2.17. The van der Waals surface area contributed by atoms with E-state index in [9.17, 15) is 4.79 Å². The van der Waals surface area contributed by atoms with Gasteiger partial charge in [-0.3, -0.25) is 4.79 Å². The molecule has 0 N–H and O–H groups in total. The van der Waals surface area contributed by atoms with Crippen molar-refractivity contribution < 1.29 is 4.79 Å². The minimum atomic E-state index is 0.279. The molecule has 0 aliphatic carbocycles. The SMILES string of the molecule is CCC(CC)n1nnc(C=O)c1C(C)C. The van der Waals surface area contributed by atoms with E-state index in [1.165, 1.54) is 0 Å². The van der Waals surface area contributed by atoms with Crippen LogP contribution in [0.4, 0.5) is 0 Å². The van der Waals surface area contributed by atoms with Gasteiger partial charge in [0, 0.05) is 0 Å². The van der Waals surface area contributed by atoms with Crippen molar-refractivity contribution in [1.82, 2.24) is 15.0 Å². The molecule has 0 aliphatic rings. The zero-order valence-corrected chi connectivity index (χ0v) is 9.90. The van der Waals surface area contributed by atoms with Crippen LogP contribution in [0.15, 0.2) is 0 Å². The lowest BCUT2D eigenvalue weighted by molar-refractivity contribution is 0.111. The molecule has 0 saturated heterocycles. The fourth-order valence-corrected chi connectivity index (χ4v) is 1.86. The third-order valence-corrected chi connectivity index (χ3v) is 2.70. The number of nitrogens with zero attached hydrogens (tertiary/aromatic N) is 3. The van der Waals surface area contributed by atoms with Gasteiger partial charge < -0.3 is 0 Å². The van der Waals surface area contributed by atoms with Gasteiger partial charge in [0.2, 0.25) is 0 Å². The standard InChI is InChI=1S/C11H19N3O/c1-5-9(6-2)14-11(8(3)4)10(7-15)12-13-14/h7-9H,5-6H2,1-4H3. The van der Waals surface area contributed by atoms with E-state index in [4.69, 9.17) is 0 Å². The van der Waals surface area contributed by atoms with E-state index in [2.05, 4.69) is 38.0 Å². The van der Waals surface area contributed by atoms with E-state index in [-0.39, 0.29) is 5.92 Å². The lowest BCUT2D eigenvalue weighted by Crippen LogP contribution is -2.13. The Balaban J connectivity index is 3.17. The Hall–Kier alpha value is -1.19. The predicted molar refractivity (Wildman–Crippen MR) is 59.1 cm³/mol. The van der Waals surface area contributed by atoms with Crippen LogP contribution in [0.25, 0.3) is 0 Å². The Morgan fingerprint density at radius 2 is 1.93 bits per heavy atom. The van der Waals surface area contributed by atoms with Gasteiger partial charge in [-0.05, 0) is 18.8 Å². The van der Waals surface area contributed by atoms with E-state index >= 15 is 0 Å². The largest absolute Gasteiger partial charge is 0.296 e. The maximum atomic E-state index is 10.8. The van der Waals surface area contributed by atoms with Gasteiger partial charge in [-0.25, -0.2) is 4.68 Å². The van der Waals surface area contributed by atoms with Crippen LogP contribution in [0.3, 0.4) is 0 Å². The van der Waals surface area contributed by atoms with Crippen molar-refractivity contribution in [3.63, 3.8) is 0 Å². The first-order chi connectivity index (χ1) is 7.15. The molecular formula is C11H19N3O. The minimum Gasteiger partial charge on any atom is -0.296 e. The van der Waals surface area contributed by atoms with Crippen molar-refractivity contribution in [3.05, 3.63) is 11.4 Å².